The number of anilines is 1. The fourth-order valence-electron chi connectivity index (χ4n) is 2.06. The quantitative estimate of drug-likeness (QED) is 0.797. The normalized spacial score (nSPS) is 10.8. The van der Waals surface area contributed by atoms with Gasteiger partial charge in [-0.3, -0.25) is 9.59 Å². The number of nitrogens with one attached hydrogen (secondary N) is 1. The Morgan fingerprint density at radius 3 is 2.04 bits per heavy atom. The number of esters is 2. The van der Waals surface area contributed by atoms with Crippen LogP contribution in [0.2, 0.25) is 0 Å². The van der Waals surface area contributed by atoms with E-state index in [9.17, 15) is 14.4 Å². The maximum Gasteiger partial charge on any atom is 0.325 e. The highest BCUT2D eigenvalue weighted by atomic mass is 16.5. The molecule has 7 heteroatoms. The minimum absolute atomic E-state index is 0.0100. The molecule has 0 heterocycles. The third kappa shape index (κ3) is 6.82. The van der Waals surface area contributed by atoms with Crippen LogP contribution in [-0.2, 0) is 24.5 Å². The van der Waals surface area contributed by atoms with E-state index in [1.54, 1.807) is 12.1 Å². The van der Waals surface area contributed by atoms with Crippen molar-refractivity contribution in [2.24, 2.45) is 0 Å². The number of nitrogens with zero attached hydrogens (tertiary/aromatic N) is 1. The average molecular weight is 350 g/mol. The van der Waals surface area contributed by atoms with Crippen LogP contribution in [-0.4, -0.2) is 50.2 Å². The number of rotatable bonds is 6. The highest BCUT2D eigenvalue weighted by molar-refractivity contribution is 5.91. The molecule has 25 heavy (non-hydrogen) atoms. The number of benzene rings is 1. The Hall–Kier alpha value is -2.57. The first-order valence-electron chi connectivity index (χ1n) is 7.97. The lowest BCUT2D eigenvalue weighted by Crippen LogP contribution is -2.40. The van der Waals surface area contributed by atoms with Crippen molar-refractivity contribution in [2.75, 3.05) is 32.6 Å². The molecule has 0 bridgehead atoms. The average Bonchev–Trinajstić information content (AvgIpc) is 2.57. The van der Waals surface area contributed by atoms with Gasteiger partial charge in [-0.25, -0.2) is 4.79 Å². The van der Waals surface area contributed by atoms with Gasteiger partial charge in [0.15, 0.2) is 0 Å². The van der Waals surface area contributed by atoms with Crippen molar-refractivity contribution in [1.82, 2.24) is 4.90 Å². The van der Waals surface area contributed by atoms with Crippen LogP contribution in [0.5, 0.6) is 0 Å². The van der Waals surface area contributed by atoms with Crippen molar-refractivity contribution in [1.29, 1.82) is 0 Å². The number of methoxy groups -OCH3 is 2. The van der Waals surface area contributed by atoms with E-state index in [1.165, 1.54) is 19.1 Å². The first-order valence-corrected chi connectivity index (χ1v) is 7.97. The summed E-state index contributed by atoms with van der Waals surface area (Å²) in [5.41, 5.74) is 1.76. The van der Waals surface area contributed by atoms with Crippen LogP contribution >= 0.6 is 0 Å². The van der Waals surface area contributed by atoms with Crippen molar-refractivity contribution in [3.63, 3.8) is 0 Å². The van der Waals surface area contributed by atoms with Gasteiger partial charge in [-0.2, -0.15) is 0 Å². The van der Waals surface area contributed by atoms with Crippen LogP contribution in [0.25, 0.3) is 0 Å². The van der Waals surface area contributed by atoms with E-state index >= 15 is 0 Å². The second-order valence-corrected chi connectivity index (χ2v) is 6.58. The van der Waals surface area contributed by atoms with Crippen LogP contribution in [0, 0.1) is 0 Å². The molecule has 0 saturated heterocycles. The Kier molecular flexibility index (Phi) is 7.42. The molecule has 0 fully saturated rings. The van der Waals surface area contributed by atoms with Gasteiger partial charge in [0.05, 0.1) is 20.6 Å². The highest BCUT2D eigenvalue weighted by Crippen LogP contribution is 2.23. The predicted molar refractivity (Wildman–Crippen MR) is 94.4 cm³/mol. The van der Waals surface area contributed by atoms with Gasteiger partial charge in [-0.05, 0) is 23.1 Å². The van der Waals surface area contributed by atoms with Crippen LogP contribution in [0.1, 0.15) is 32.8 Å². The van der Waals surface area contributed by atoms with E-state index in [0.717, 1.165) is 5.56 Å². The highest BCUT2D eigenvalue weighted by Gasteiger charge is 2.19. The van der Waals surface area contributed by atoms with Gasteiger partial charge in [0.1, 0.15) is 6.54 Å². The smallest absolute Gasteiger partial charge is 0.325 e. The van der Waals surface area contributed by atoms with Crippen molar-refractivity contribution in [3.05, 3.63) is 29.8 Å². The second-order valence-electron chi connectivity index (χ2n) is 6.58. The lowest BCUT2D eigenvalue weighted by molar-refractivity contribution is -0.143. The maximum atomic E-state index is 12.4. The van der Waals surface area contributed by atoms with Gasteiger partial charge >= 0.3 is 18.0 Å². The Labute approximate surface area is 148 Å². The van der Waals surface area contributed by atoms with Gasteiger partial charge in [0, 0.05) is 12.2 Å². The Morgan fingerprint density at radius 1 is 1.00 bits per heavy atom. The molecule has 0 aromatic heterocycles. The number of carbonyl (C=O) groups excluding carboxylic acids is 3. The number of ether oxygens (including phenoxy) is 2. The van der Waals surface area contributed by atoms with Crippen LogP contribution in [0.4, 0.5) is 10.5 Å². The Balaban J connectivity index is 2.78. The molecule has 0 atom stereocenters. The first-order chi connectivity index (χ1) is 11.7. The lowest BCUT2D eigenvalue weighted by Gasteiger charge is -2.22. The van der Waals surface area contributed by atoms with Crippen LogP contribution in [0.15, 0.2) is 24.3 Å². The van der Waals surface area contributed by atoms with Crippen molar-refractivity contribution >= 4 is 23.7 Å². The number of carbonyl (C=O) groups is 3. The topological polar surface area (TPSA) is 84.9 Å². The second kappa shape index (κ2) is 9.05. The SMILES string of the molecule is COC(=O)CCN(CC(=O)OC)C(=O)Nc1ccc(C(C)(C)C)cc1. The molecular formula is C18H26N2O5. The molecule has 1 N–H and O–H groups in total. The van der Waals surface area contributed by atoms with Crippen LogP contribution in [0.3, 0.4) is 0 Å². The molecule has 0 saturated carbocycles. The number of urea groups is 1. The van der Waals surface area contributed by atoms with Gasteiger partial charge in [-0.15, -0.1) is 0 Å². The molecule has 0 radical (unpaired) electrons. The van der Waals surface area contributed by atoms with Crippen LogP contribution < -0.4 is 5.32 Å². The molecule has 0 aliphatic carbocycles. The molecule has 2 amide bonds. The van der Waals surface area contributed by atoms with Gasteiger partial charge in [0.25, 0.3) is 0 Å². The predicted octanol–water partition coefficient (Wildman–Crippen LogP) is 2.55. The summed E-state index contributed by atoms with van der Waals surface area (Å²) in [7, 11) is 2.51. The van der Waals surface area contributed by atoms with E-state index < -0.39 is 18.0 Å². The number of hydrogen-bond donors (Lipinski definition) is 1. The minimum atomic E-state index is -0.567. The first kappa shape index (κ1) is 20.5. The molecular weight excluding hydrogens is 324 g/mol. The zero-order chi connectivity index (χ0) is 19.0. The zero-order valence-electron chi connectivity index (χ0n) is 15.4. The number of hydrogen-bond acceptors (Lipinski definition) is 5. The van der Waals surface area contributed by atoms with Crippen molar-refractivity contribution < 1.29 is 23.9 Å². The fraction of sp³-hybridized carbons (Fsp3) is 0.500. The van der Waals surface area contributed by atoms with Gasteiger partial charge in [-0.1, -0.05) is 32.9 Å². The zero-order valence-corrected chi connectivity index (χ0v) is 15.4. The molecule has 138 valence electrons. The fourth-order valence-corrected chi connectivity index (χ4v) is 2.06. The monoisotopic (exact) mass is 350 g/mol. The summed E-state index contributed by atoms with van der Waals surface area (Å²) in [6.07, 6.45) is -0.0100. The van der Waals surface area contributed by atoms with E-state index in [-0.39, 0.29) is 24.9 Å². The summed E-state index contributed by atoms with van der Waals surface area (Å²) >= 11 is 0. The summed E-state index contributed by atoms with van der Waals surface area (Å²) < 4.78 is 9.15. The molecule has 0 aliphatic rings. The molecule has 1 aromatic rings. The van der Waals surface area contributed by atoms with E-state index in [0.29, 0.717) is 5.69 Å². The summed E-state index contributed by atoms with van der Waals surface area (Å²) in [5.74, 6) is -1.03. The Bertz CT molecular complexity index is 605. The van der Waals surface area contributed by atoms with Gasteiger partial charge in [0.2, 0.25) is 0 Å². The van der Waals surface area contributed by atoms with E-state index in [2.05, 4.69) is 35.6 Å². The summed E-state index contributed by atoms with van der Waals surface area (Å²) in [6, 6.07) is 6.99. The molecule has 0 aliphatic heterocycles. The standard InChI is InChI=1S/C18H26N2O5/c1-18(2,3)13-6-8-14(9-7-13)19-17(23)20(12-16(22)25-5)11-10-15(21)24-4/h6-9H,10-12H2,1-5H3,(H,19,23). The van der Waals surface area contributed by atoms with Gasteiger partial charge < -0.3 is 19.7 Å². The van der Waals surface area contributed by atoms with Crippen molar-refractivity contribution in [2.45, 2.75) is 32.6 Å². The molecule has 1 aromatic carbocycles. The van der Waals surface area contributed by atoms with E-state index in [1.807, 2.05) is 12.1 Å². The molecule has 7 nitrogen and oxygen atoms in total. The summed E-state index contributed by atoms with van der Waals surface area (Å²) in [5, 5.41) is 2.72. The molecule has 1 rings (SSSR count). The summed E-state index contributed by atoms with van der Waals surface area (Å²) in [6.45, 7) is 6.11. The number of amides is 2. The maximum absolute atomic E-state index is 12.4. The molecule has 0 unspecified atom stereocenters. The minimum Gasteiger partial charge on any atom is -0.469 e. The third-order valence-electron chi connectivity index (χ3n) is 3.65. The largest absolute Gasteiger partial charge is 0.469 e. The summed E-state index contributed by atoms with van der Waals surface area (Å²) in [4.78, 5) is 36.4. The van der Waals surface area contributed by atoms with E-state index in [4.69, 9.17) is 0 Å². The van der Waals surface area contributed by atoms with Crippen molar-refractivity contribution in [3.8, 4) is 0 Å². The third-order valence-corrected chi connectivity index (χ3v) is 3.65. The molecule has 0 spiro atoms. The Morgan fingerprint density at radius 2 is 1.56 bits per heavy atom. The lowest BCUT2D eigenvalue weighted by atomic mass is 9.87.